The van der Waals surface area contributed by atoms with Crippen molar-refractivity contribution < 1.29 is 14.3 Å². The van der Waals surface area contributed by atoms with Crippen LogP contribution in [-0.4, -0.2) is 40.7 Å². The summed E-state index contributed by atoms with van der Waals surface area (Å²) < 4.78 is 13.7. The molecule has 0 atom stereocenters. The maximum absolute atomic E-state index is 13.2. The van der Waals surface area contributed by atoms with E-state index in [2.05, 4.69) is 5.32 Å². The van der Waals surface area contributed by atoms with E-state index in [9.17, 15) is 9.59 Å². The van der Waals surface area contributed by atoms with Crippen molar-refractivity contribution in [1.29, 1.82) is 0 Å². The normalized spacial score (nSPS) is 11.2. The zero-order chi connectivity index (χ0) is 22.0. The Balaban J connectivity index is 1.84. The summed E-state index contributed by atoms with van der Waals surface area (Å²) in [4.78, 5) is 31.0. The van der Waals surface area contributed by atoms with Gasteiger partial charge < -0.3 is 19.4 Å². The molecular weight excluding hydrogens is 396 g/mol. The molecule has 0 radical (unpaired) electrons. The number of methoxy groups -OCH3 is 2. The Labute approximate surface area is 179 Å². The lowest BCUT2D eigenvalue weighted by molar-refractivity contribution is 0.101. The van der Waals surface area contributed by atoms with Crippen LogP contribution in [0.4, 0.5) is 5.69 Å². The van der Waals surface area contributed by atoms with Gasteiger partial charge in [-0.2, -0.15) is 0 Å². The second-order valence-electron chi connectivity index (χ2n) is 7.25. The van der Waals surface area contributed by atoms with Crippen LogP contribution in [0.3, 0.4) is 0 Å². The fourth-order valence-electron chi connectivity index (χ4n) is 3.64. The molecule has 0 saturated carbocycles. The molecule has 8 nitrogen and oxygen atoms in total. The summed E-state index contributed by atoms with van der Waals surface area (Å²) in [7, 11) is 3.20. The summed E-state index contributed by atoms with van der Waals surface area (Å²) in [5, 5.41) is 3.29. The minimum atomic E-state index is -0.325. The maximum Gasteiger partial charge on any atom is 0.272 e. The number of pyridine rings is 1. The molecule has 0 bridgehead atoms. The van der Waals surface area contributed by atoms with Crippen molar-refractivity contribution in [2.45, 2.75) is 19.9 Å². The van der Waals surface area contributed by atoms with Crippen molar-refractivity contribution in [1.82, 2.24) is 14.0 Å². The highest BCUT2D eigenvalue weighted by Gasteiger charge is 2.20. The Morgan fingerprint density at radius 2 is 1.97 bits per heavy atom. The van der Waals surface area contributed by atoms with Gasteiger partial charge in [-0.15, -0.1) is 0 Å². The molecule has 31 heavy (non-hydrogen) atoms. The molecule has 0 aliphatic carbocycles. The first kappa shape index (κ1) is 20.6. The van der Waals surface area contributed by atoms with Crippen molar-refractivity contribution in [2.75, 3.05) is 26.1 Å². The fourth-order valence-corrected chi connectivity index (χ4v) is 3.64. The van der Waals surface area contributed by atoms with Crippen molar-refractivity contribution in [3.05, 3.63) is 70.3 Å². The molecule has 160 valence electrons. The van der Waals surface area contributed by atoms with Gasteiger partial charge >= 0.3 is 0 Å². The molecule has 1 N–H and O–H groups in total. The van der Waals surface area contributed by atoms with Gasteiger partial charge in [0.05, 0.1) is 12.5 Å². The van der Waals surface area contributed by atoms with Gasteiger partial charge in [0.25, 0.3) is 11.5 Å². The highest BCUT2D eigenvalue weighted by Crippen LogP contribution is 2.21. The van der Waals surface area contributed by atoms with Gasteiger partial charge in [-0.3, -0.25) is 14.0 Å². The van der Waals surface area contributed by atoms with E-state index in [4.69, 9.17) is 14.5 Å². The Hall–Kier alpha value is -3.65. The molecule has 3 heterocycles. The highest BCUT2D eigenvalue weighted by atomic mass is 16.5. The van der Waals surface area contributed by atoms with Crippen LogP contribution in [-0.2, 0) is 11.3 Å². The molecule has 3 aromatic heterocycles. The monoisotopic (exact) mass is 420 g/mol. The second-order valence-corrected chi connectivity index (χ2v) is 7.25. The van der Waals surface area contributed by atoms with E-state index in [1.54, 1.807) is 55.3 Å². The Kier molecular flexibility index (Phi) is 5.73. The number of rotatable bonds is 7. The Bertz CT molecular complexity index is 1320. The lowest BCUT2D eigenvalue weighted by Crippen LogP contribution is -2.18. The first-order valence-corrected chi connectivity index (χ1v) is 9.99. The van der Waals surface area contributed by atoms with Crippen molar-refractivity contribution >= 4 is 28.3 Å². The molecule has 1 aromatic carbocycles. The van der Waals surface area contributed by atoms with Crippen LogP contribution in [0.2, 0.25) is 0 Å². The number of nitrogens with one attached hydrogen (secondary N) is 1. The van der Waals surface area contributed by atoms with Gasteiger partial charge in [-0.25, -0.2) is 4.98 Å². The third kappa shape index (κ3) is 3.89. The number of aromatic nitrogens is 3. The summed E-state index contributed by atoms with van der Waals surface area (Å²) in [6.07, 6.45) is 2.36. The highest BCUT2D eigenvalue weighted by molar-refractivity contribution is 6.06. The van der Waals surface area contributed by atoms with E-state index < -0.39 is 0 Å². The zero-order valence-corrected chi connectivity index (χ0v) is 17.7. The number of carbonyl (C=O) groups excluding carboxylic acids is 1. The molecule has 4 aromatic rings. The summed E-state index contributed by atoms with van der Waals surface area (Å²) in [5.74, 6) is 0.314. The lowest BCUT2D eigenvalue weighted by Gasteiger charge is -2.11. The predicted molar refractivity (Wildman–Crippen MR) is 119 cm³/mol. The Morgan fingerprint density at radius 3 is 2.74 bits per heavy atom. The van der Waals surface area contributed by atoms with Gasteiger partial charge in [0, 0.05) is 38.2 Å². The van der Waals surface area contributed by atoms with Gasteiger partial charge in [0.2, 0.25) is 0 Å². The number of fused-ring (bicyclic) bond motifs is 2. The topological polar surface area (TPSA) is 86.9 Å². The minimum Gasteiger partial charge on any atom is -0.497 e. The first-order chi connectivity index (χ1) is 15.0. The molecule has 8 heteroatoms. The summed E-state index contributed by atoms with van der Waals surface area (Å²) in [5.41, 5.74) is 2.71. The number of nitrogens with zero attached hydrogens (tertiary/aromatic N) is 3. The van der Waals surface area contributed by atoms with Crippen LogP contribution >= 0.6 is 0 Å². The minimum absolute atomic E-state index is 0.204. The second kappa shape index (κ2) is 8.61. The van der Waals surface area contributed by atoms with E-state index >= 15 is 0 Å². The van der Waals surface area contributed by atoms with Gasteiger partial charge in [0.1, 0.15) is 22.7 Å². The third-order valence-electron chi connectivity index (χ3n) is 5.18. The number of carbonyl (C=O) groups is 1. The van der Waals surface area contributed by atoms with E-state index in [1.807, 2.05) is 19.1 Å². The van der Waals surface area contributed by atoms with Crippen LogP contribution in [0.5, 0.6) is 5.75 Å². The van der Waals surface area contributed by atoms with Crippen molar-refractivity contribution in [2.24, 2.45) is 0 Å². The van der Waals surface area contributed by atoms with Crippen molar-refractivity contribution in [3.63, 3.8) is 0 Å². The van der Waals surface area contributed by atoms with E-state index in [1.165, 1.54) is 4.40 Å². The number of aryl methyl sites for hydroxylation is 2. The van der Waals surface area contributed by atoms with Crippen LogP contribution in [0.1, 0.15) is 22.5 Å². The first-order valence-electron chi connectivity index (χ1n) is 9.99. The predicted octanol–water partition coefficient (Wildman–Crippen LogP) is 3.26. The van der Waals surface area contributed by atoms with Crippen LogP contribution in [0, 0.1) is 6.92 Å². The Morgan fingerprint density at radius 1 is 1.13 bits per heavy atom. The number of benzene rings is 1. The number of hydrogen-bond acceptors (Lipinski definition) is 5. The van der Waals surface area contributed by atoms with E-state index in [0.717, 1.165) is 5.56 Å². The van der Waals surface area contributed by atoms with E-state index in [0.29, 0.717) is 53.4 Å². The van der Waals surface area contributed by atoms with Gasteiger partial charge in [-0.05, 0) is 43.2 Å². The SMILES string of the molecule is COCCCn1c(C(=O)Nc2cccc(OC)c2)cc2c(=O)n3cccc(C)c3nc21. The third-order valence-corrected chi connectivity index (χ3v) is 5.18. The van der Waals surface area contributed by atoms with Crippen LogP contribution in [0.25, 0.3) is 16.7 Å². The molecule has 1 amide bonds. The molecule has 0 saturated heterocycles. The van der Waals surface area contributed by atoms with E-state index in [-0.39, 0.29) is 11.5 Å². The molecular formula is C23H24N4O4. The number of hydrogen-bond donors (Lipinski definition) is 1. The van der Waals surface area contributed by atoms with Crippen LogP contribution < -0.4 is 15.6 Å². The number of anilines is 1. The summed E-state index contributed by atoms with van der Waals surface area (Å²) in [6, 6.07) is 12.4. The van der Waals surface area contributed by atoms with Crippen LogP contribution in [0.15, 0.2) is 53.5 Å². The lowest BCUT2D eigenvalue weighted by atomic mass is 10.2. The molecule has 4 rings (SSSR count). The zero-order valence-electron chi connectivity index (χ0n) is 17.7. The standard InChI is InChI=1S/C23H24N4O4/c1-15-7-5-10-27-20(15)25-21-18(23(27)29)14-19(26(21)11-6-12-30-2)22(28)24-16-8-4-9-17(13-16)31-3/h4-5,7-10,13-14H,6,11-12H2,1-3H3,(H,24,28). The molecule has 0 spiro atoms. The summed E-state index contributed by atoms with van der Waals surface area (Å²) in [6.45, 7) is 2.93. The largest absolute Gasteiger partial charge is 0.497 e. The number of ether oxygens (including phenoxy) is 2. The molecule has 0 unspecified atom stereocenters. The quantitative estimate of drug-likeness (QED) is 0.464. The average molecular weight is 420 g/mol. The van der Waals surface area contributed by atoms with Crippen molar-refractivity contribution in [3.8, 4) is 5.75 Å². The fraction of sp³-hybridized carbons (Fsp3) is 0.261. The molecule has 0 aliphatic rings. The van der Waals surface area contributed by atoms with Gasteiger partial charge in [0.15, 0.2) is 0 Å². The molecule has 0 fully saturated rings. The van der Waals surface area contributed by atoms with Gasteiger partial charge in [-0.1, -0.05) is 12.1 Å². The number of amides is 1. The summed E-state index contributed by atoms with van der Waals surface area (Å²) >= 11 is 0. The maximum atomic E-state index is 13.2. The smallest absolute Gasteiger partial charge is 0.272 e. The molecule has 0 aliphatic heterocycles. The average Bonchev–Trinajstić information content (AvgIpc) is 3.14.